The van der Waals surface area contributed by atoms with Crippen molar-refractivity contribution < 1.29 is 13.2 Å². The standard InChI is InChI=1S/C8H9F3N2/c9-7(8(10)11)5-2-1-4(12)3-6(5)13/h1-3,7-8H,12-13H2. The molecular weight excluding hydrogens is 181 g/mol. The molecule has 1 rings (SSSR count). The number of nitrogens with two attached hydrogens (primary N) is 2. The van der Waals surface area contributed by atoms with Gasteiger partial charge >= 0.3 is 0 Å². The van der Waals surface area contributed by atoms with Crippen molar-refractivity contribution >= 4 is 11.4 Å². The third-order valence-electron chi connectivity index (χ3n) is 1.63. The van der Waals surface area contributed by atoms with E-state index < -0.39 is 12.6 Å². The average molecular weight is 190 g/mol. The average Bonchev–Trinajstić information content (AvgIpc) is 2.03. The quantitative estimate of drug-likeness (QED) is 0.702. The Morgan fingerprint density at radius 3 is 2.15 bits per heavy atom. The highest BCUT2D eigenvalue weighted by Crippen LogP contribution is 2.30. The first-order valence-electron chi connectivity index (χ1n) is 3.59. The second-order valence-electron chi connectivity index (χ2n) is 2.62. The van der Waals surface area contributed by atoms with E-state index in [1.807, 2.05) is 0 Å². The van der Waals surface area contributed by atoms with E-state index in [2.05, 4.69) is 0 Å². The smallest absolute Gasteiger partial charge is 0.273 e. The molecule has 1 unspecified atom stereocenters. The van der Waals surface area contributed by atoms with Crippen LogP contribution in [-0.2, 0) is 0 Å². The third-order valence-corrected chi connectivity index (χ3v) is 1.63. The lowest BCUT2D eigenvalue weighted by Gasteiger charge is -2.10. The van der Waals surface area contributed by atoms with Crippen LogP contribution in [0.4, 0.5) is 24.5 Å². The normalized spacial score (nSPS) is 13.2. The van der Waals surface area contributed by atoms with Crippen LogP contribution in [0.1, 0.15) is 11.7 Å². The minimum absolute atomic E-state index is 0.0483. The predicted octanol–water partition coefficient (Wildman–Crippen LogP) is 2.13. The van der Waals surface area contributed by atoms with E-state index >= 15 is 0 Å². The van der Waals surface area contributed by atoms with Crippen molar-refractivity contribution in [3.05, 3.63) is 23.8 Å². The van der Waals surface area contributed by atoms with E-state index in [-0.39, 0.29) is 11.3 Å². The van der Waals surface area contributed by atoms with Crippen LogP contribution in [-0.4, -0.2) is 6.43 Å². The monoisotopic (exact) mass is 190 g/mol. The second kappa shape index (κ2) is 3.55. The molecule has 0 saturated carbocycles. The second-order valence-corrected chi connectivity index (χ2v) is 2.62. The predicted molar refractivity (Wildman–Crippen MR) is 45.1 cm³/mol. The maximum Gasteiger partial charge on any atom is 0.273 e. The molecule has 0 aliphatic rings. The van der Waals surface area contributed by atoms with Gasteiger partial charge in [-0.15, -0.1) is 0 Å². The molecule has 2 nitrogen and oxygen atoms in total. The summed E-state index contributed by atoms with van der Waals surface area (Å²) >= 11 is 0. The van der Waals surface area contributed by atoms with Gasteiger partial charge < -0.3 is 11.5 Å². The molecule has 0 aromatic heterocycles. The number of anilines is 2. The molecule has 0 spiro atoms. The van der Waals surface area contributed by atoms with Crippen molar-refractivity contribution in [2.24, 2.45) is 0 Å². The molecule has 0 aliphatic heterocycles. The van der Waals surface area contributed by atoms with Gasteiger partial charge in [0.15, 0.2) is 6.17 Å². The summed E-state index contributed by atoms with van der Waals surface area (Å²) in [6, 6.07) is 3.76. The fraction of sp³-hybridized carbons (Fsp3) is 0.250. The summed E-state index contributed by atoms with van der Waals surface area (Å²) in [5.41, 5.74) is 10.7. The summed E-state index contributed by atoms with van der Waals surface area (Å²) < 4.78 is 36.6. The first-order chi connectivity index (χ1) is 6.02. The summed E-state index contributed by atoms with van der Waals surface area (Å²) in [7, 11) is 0. The topological polar surface area (TPSA) is 52.0 Å². The molecule has 1 aromatic carbocycles. The lowest BCUT2D eigenvalue weighted by Crippen LogP contribution is -2.06. The molecule has 0 amide bonds. The summed E-state index contributed by atoms with van der Waals surface area (Å²) in [5, 5.41) is 0. The molecule has 1 atom stereocenters. The van der Waals surface area contributed by atoms with Crippen molar-refractivity contribution in [2.45, 2.75) is 12.6 Å². The Morgan fingerprint density at radius 2 is 1.69 bits per heavy atom. The summed E-state index contributed by atoms with van der Waals surface area (Å²) in [5.74, 6) is 0. The Hall–Kier alpha value is -1.39. The SMILES string of the molecule is Nc1ccc(C(F)C(F)F)c(N)c1. The van der Waals surface area contributed by atoms with E-state index in [1.165, 1.54) is 18.2 Å². The zero-order valence-corrected chi connectivity index (χ0v) is 6.68. The van der Waals surface area contributed by atoms with Gasteiger partial charge in [-0.05, 0) is 12.1 Å². The van der Waals surface area contributed by atoms with Crippen molar-refractivity contribution in [3.63, 3.8) is 0 Å². The van der Waals surface area contributed by atoms with E-state index in [0.717, 1.165) is 0 Å². The van der Waals surface area contributed by atoms with Crippen LogP contribution in [0, 0.1) is 0 Å². The van der Waals surface area contributed by atoms with Gasteiger partial charge in [-0.1, -0.05) is 6.07 Å². The molecule has 0 heterocycles. The number of hydrogen-bond donors (Lipinski definition) is 2. The van der Waals surface area contributed by atoms with Crippen LogP contribution in [0.15, 0.2) is 18.2 Å². The van der Waals surface area contributed by atoms with Crippen LogP contribution in [0.2, 0.25) is 0 Å². The van der Waals surface area contributed by atoms with Gasteiger partial charge in [0.05, 0.1) is 0 Å². The maximum atomic E-state index is 12.8. The van der Waals surface area contributed by atoms with E-state index in [4.69, 9.17) is 11.5 Å². The van der Waals surface area contributed by atoms with Gasteiger partial charge in [-0.25, -0.2) is 13.2 Å². The number of benzene rings is 1. The molecule has 72 valence electrons. The Morgan fingerprint density at radius 1 is 1.08 bits per heavy atom. The number of hydrogen-bond acceptors (Lipinski definition) is 2. The van der Waals surface area contributed by atoms with Gasteiger partial charge in [-0.2, -0.15) is 0 Å². The number of nitrogen functional groups attached to an aromatic ring is 2. The molecule has 0 saturated heterocycles. The summed E-state index contributed by atoms with van der Waals surface area (Å²) in [6.07, 6.45) is -5.41. The Kier molecular flexibility index (Phi) is 2.65. The fourth-order valence-electron chi connectivity index (χ4n) is 0.980. The van der Waals surface area contributed by atoms with Gasteiger partial charge in [0.2, 0.25) is 0 Å². The molecular formula is C8H9F3N2. The summed E-state index contributed by atoms with van der Waals surface area (Å²) in [4.78, 5) is 0. The maximum absolute atomic E-state index is 12.8. The highest BCUT2D eigenvalue weighted by Gasteiger charge is 2.23. The van der Waals surface area contributed by atoms with Crippen LogP contribution >= 0.6 is 0 Å². The van der Waals surface area contributed by atoms with Gasteiger partial charge in [0.25, 0.3) is 6.43 Å². The highest BCUT2D eigenvalue weighted by molar-refractivity contribution is 5.57. The number of halogens is 3. The molecule has 1 aromatic rings. The van der Waals surface area contributed by atoms with E-state index in [9.17, 15) is 13.2 Å². The van der Waals surface area contributed by atoms with Gasteiger partial charge in [0.1, 0.15) is 0 Å². The minimum Gasteiger partial charge on any atom is -0.399 e. The molecule has 0 bridgehead atoms. The van der Waals surface area contributed by atoms with Crippen LogP contribution < -0.4 is 11.5 Å². The van der Waals surface area contributed by atoms with Crippen molar-refractivity contribution in [2.75, 3.05) is 11.5 Å². The zero-order chi connectivity index (χ0) is 10.0. The van der Waals surface area contributed by atoms with Crippen LogP contribution in [0.5, 0.6) is 0 Å². The lowest BCUT2D eigenvalue weighted by atomic mass is 10.1. The van der Waals surface area contributed by atoms with E-state index in [1.54, 1.807) is 0 Å². The zero-order valence-electron chi connectivity index (χ0n) is 6.68. The largest absolute Gasteiger partial charge is 0.399 e. The Balaban J connectivity index is 3.01. The molecule has 0 aliphatic carbocycles. The molecule has 0 radical (unpaired) electrons. The first kappa shape index (κ1) is 9.70. The molecule has 0 fully saturated rings. The van der Waals surface area contributed by atoms with Gasteiger partial charge in [-0.3, -0.25) is 0 Å². The first-order valence-corrected chi connectivity index (χ1v) is 3.59. The number of alkyl halides is 3. The van der Waals surface area contributed by atoms with Crippen molar-refractivity contribution in [1.82, 2.24) is 0 Å². The Bertz CT molecular complexity index is 301. The van der Waals surface area contributed by atoms with Crippen LogP contribution in [0.25, 0.3) is 0 Å². The summed E-state index contributed by atoms with van der Waals surface area (Å²) in [6.45, 7) is 0. The molecule has 13 heavy (non-hydrogen) atoms. The van der Waals surface area contributed by atoms with E-state index in [0.29, 0.717) is 5.69 Å². The number of rotatable bonds is 2. The minimum atomic E-state index is -3.06. The highest BCUT2D eigenvalue weighted by atomic mass is 19.3. The van der Waals surface area contributed by atoms with Crippen molar-refractivity contribution in [1.29, 1.82) is 0 Å². The Labute approximate surface area is 73.3 Å². The van der Waals surface area contributed by atoms with Crippen LogP contribution in [0.3, 0.4) is 0 Å². The molecule has 5 heteroatoms. The third kappa shape index (κ3) is 2.05. The fourth-order valence-corrected chi connectivity index (χ4v) is 0.980. The van der Waals surface area contributed by atoms with Crippen molar-refractivity contribution in [3.8, 4) is 0 Å². The van der Waals surface area contributed by atoms with Gasteiger partial charge in [0, 0.05) is 16.9 Å². The lowest BCUT2D eigenvalue weighted by molar-refractivity contribution is 0.0499. The molecule has 4 N–H and O–H groups in total.